The molecule has 1 aromatic heterocycles. The molecule has 2 amide bonds. The normalized spacial score (nSPS) is 14.5. The van der Waals surface area contributed by atoms with Crippen molar-refractivity contribution in [3.63, 3.8) is 0 Å². The van der Waals surface area contributed by atoms with Gasteiger partial charge in [0, 0.05) is 57.6 Å². The van der Waals surface area contributed by atoms with Crippen molar-refractivity contribution in [3.05, 3.63) is 96.1 Å². The van der Waals surface area contributed by atoms with Crippen molar-refractivity contribution in [1.29, 1.82) is 0 Å². The largest absolute Gasteiger partial charge is 0.353 e. The number of carbonyl (C=O) groups excluding carboxylic acids is 2. The average Bonchev–Trinajstić information content (AvgIpc) is 2.89. The number of benzene rings is 2. The lowest BCUT2D eigenvalue weighted by Gasteiger charge is -2.32. The number of piperidine rings is 1. The first-order valence-corrected chi connectivity index (χ1v) is 11.8. The van der Waals surface area contributed by atoms with Crippen LogP contribution in [0.15, 0.2) is 79.3 Å². The van der Waals surface area contributed by atoms with E-state index < -0.39 is 0 Å². The quantitative estimate of drug-likeness (QED) is 0.534. The summed E-state index contributed by atoms with van der Waals surface area (Å²) in [7, 11) is 0. The third-order valence-corrected chi connectivity index (χ3v) is 6.10. The van der Waals surface area contributed by atoms with Crippen LogP contribution in [0.5, 0.6) is 0 Å². The highest BCUT2D eigenvalue weighted by Crippen LogP contribution is 2.14. The van der Waals surface area contributed by atoms with Gasteiger partial charge < -0.3 is 10.2 Å². The van der Waals surface area contributed by atoms with Crippen molar-refractivity contribution < 1.29 is 9.59 Å². The number of amides is 2. The second-order valence-corrected chi connectivity index (χ2v) is 8.66. The zero-order valence-electron chi connectivity index (χ0n) is 19.3. The first kappa shape index (κ1) is 23.6. The smallest absolute Gasteiger partial charge is 0.274 e. The molecule has 0 saturated carbocycles. The van der Waals surface area contributed by atoms with Crippen LogP contribution in [0.25, 0.3) is 0 Å². The highest BCUT2D eigenvalue weighted by atomic mass is 16.2. The van der Waals surface area contributed by atoms with E-state index in [1.54, 1.807) is 4.90 Å². The molecule has 1 saturated heterocycles. The minimum atomic E-state index is -0.223. The van der Waals surface area contributed by atoms with Crippen LogP contribution in [0.3, 0.4) is 0 Å². The van der Waals surface area contributed by atoms with Crippen molar-refractivity contribution in [2.24, 2.45) is 0 Å². The summed E-state index contributed by atoms with van der Waals surface area (Å²) in [5.74, 6) is -0.245. The van der Waals surface area contributed by atoms with Gasteiger partial charge in [0.05, 0.1) is 6.20 Å². The van der Waals surface area contributed by atoms with E-state index in [4.69, 9.17) is 0 Å². The maximum Gasteiger partial charge on any atom is 0.274 e. The van der Waals surface area contributed by atoms with E-state index >= 15 is 0 Å². The zero-order chi connectivity index (χ0) is 23.6. The summed E-state index contributed by atoms with van der Waals surface area (Å²) >= 11 is 0. The van der Waals surface area contributed by atoms with E-state index in [0.717, 1.165) is 38.0 Å². The summed E-state index contributed by atoms with van der Waals surface area (Å²) in [4.78, 5) is 38.0. The van der Waals surface area contributed by atoms with Gasteiger partial charge in [-0.05, 0) is 24.0 Å². The van der Waals surface area contributed by atoms with E-state index in [9.17, 15) is 9.59 Å². The first-order valence-electron chi connectivity index (χ1n) is 11.8. The molecule has 0 spiro atoms. The second-order valence-electron chi connectivity index (χ2n) is 8.66. The van der Waals surface area contributed by atoms with Crippen molar-refractivity contribution in [3.8, 4) is 0 Å². The van der Waals surface area contributed by atoms with Crippen LogP contribution >= 0.6 is 0 Å². The minimum absolute atomic E-state index is 0.0217. The molecule has 1 aliphatic rings. The van der Waals surface area contributed by atoms with Crippen molar-refractivity contribution in [2.75, 3.05) is 19.6 Å². The van der Waals surface area contributed by atoms with E-state index in [0.29, 0.717) is 13.1 Å². The second kappa shape index (κ2) is 12.0. The summed E-state index contributed by atoms with van der Waals surface area (Å²) in [6.07, 6.45) is 6.63. The van der Waals surface area contributed by atoms with Gasteiger partial charge in [0.2, 0.25) is 5.91 Å². The fourth-order valence-corrected chi connectivity index (χ4v) is 4.24. The van der Waals surface area contributed by atoms with Gasteiger partial charge in [0.15, 0.2) is 0 Å². The van der Waals surface area contributed by atoms with Crippen molar-refractivity contribution in [1.82, 2.24) is 25.1 Å². The molecule has 34 heavy (non-hydrogen) atoms. The van der Waals surface area contributed by atoms with E-state index in [2.05, 4.69) is 44.5 Å². The highest BCUT2D eigenvalue weighted by Gasteiger charge is 2.22. The van der Waals surface area contributed by atoms with Gasteiger partial charge in [-0.1, -0.05) is 60.7 Å². The maximum absolute atomic E-state index is 13.0. The molecule has 2 aromatic carbocycles. The third kappa shape index (κ3) is 6.96. The Hall–Kier alpha value is -3.58. The monoisotopic (exact) mass is 457 g/mol. The zero-order valence-corrected chi connectivity index (χ0v) is 19.3. The number of hydrogen-bond acceptors (Lipinski definition) is 5. The Balaban J connectivity index is 1.27. The molecule has 2 heterocycles. The molecule has 1 fully saturated rings. The standard InChI is InChI=1S/C27H31N5O2/c33-26(30-24-11-16-31(17-12-24)20-22-7-3-1-4-8-22)13-18-32(21-23-9-5-2-6-10-23)27(34)25-19-28-14-15-29-25/h1-10,14-15,19,24H,11-13,16-18,20-21H2,(H,30,33). The molecule has 7 nitrogen and oxygen atoms in total. The number of hydrogen-bond donors (Lipinski definition) is 1. The molecule has 4 rings (SSSR count). The SMILES string of the molecule is O=C(CCN(Cc1ccccc1)C(=O)c1cnccn1)NC1CCN(Cc2ccccc2)CC1. The van der Waals surface area contributed by atoms with Gasteiger partial charge in [0.25, 0.3) is 5.91 Å². The summed E-state index contributed by atoms with van der Waals surface area (Å²) in [5, 5.41) is 3.17. The molecule has 3 aromatic rings. The Kier molecular flexibility index (Phi) is 8.35. The van der Waals surface area contributed by atoms with Crippen LogP contribution in [0.2, 0.25) is 0 Å². The number of aromatic nitrogens is 2. The fraction of sp³-hybridized carbons (Fsp3) is 0.333. The highest BCUT2D eigenvalue weighted by molar-refractivity contribution is 5.92. The summed E-state index contributed by atoms with van der Waals surface area (Å²) in [6.45, 7) is 3.61. The first-order chi connectivity index (χ1) is 16.7. The van der Waals surface area contributed by atoms with Gasteiger partial charge in [-0.2, -0.15) is 0 Å². The Bertz CT molecular complexity index is 1040. The van der Waals surface area contributed by atoms with Crippen LogP contribution in [0.4, 0.5) is 0 Å². The Morgan fingerprint density at radius 3 is 2.26 bits per heavy atom. The lowest BCUT2D eigenvalue weighted by atomic mass is 10.0. The maximum atomic E-state index is 13.0. The lowest BCUT2D eigenvalue weighted by Crippen LogP contribution is -2.45. The molecule has 7 heteroatoms. The number of nitrogens with one attached hydrogen (secondary N) is 1. The number of nitrogens with zero attached hydrogens (tertiary/aromatic N) is 4. The van der Waals surface area contributed by atoms with Gasteiger partial charge in [0.1, 0.15) is 5.69 Å². The number of rotatable bonds is 9. The Morgan fingerprint density at radius 1 is 0.941 bits per heavy atom. The molecule has 0 unspecified atom stereocenters. The number of carbonyl (C=O) groups is 2. The summed E-state index contributed by atoms with van der Waals surface area (Å²) in [6, 6.07) is 20.4. The topological polar surface area (TPSA) is 78.4 Å². The van der Waals surface area contributed by atoms with Gasteiger partial charge in [-0.15, -0.1) is 0 Å². The van der Waals surface area contributed by atoms with Crippen molar-refractivity contribution >= 4 is 11.8 Å². The lowest BCUT2D eigenvalue weighted by molar-refractivity contribution is -0.122. The van der Waals surface area contributed by atoms with Crippen molar-refractivity contribution in [2.45, 2.75) is 38.4 Å². The average molecular weight is 458 g/mol. The molecular weight excluding hydrogens is 426 g/mol. The van der Waals surface area contributed by atoms with Crippen LogP contribution in [-0.4, -0.2) is 57.3 Å². The van der Waals surface area contributed by atoms with Gasteiger partial charge >= 0.3 is 0 Å². The van der Waals surface area contributed by atoms with E-state index in [1.807, 2.05) is 36.4 Å². The Morgan fingerprint density at radius 2 is 1.62 bits per heavy atom. The van der Waals surface area contributed by atoms with Crippen LogP contribution in [0, 0.1) is 0 Å². The minimum Gasteiger partial charge on any atom is -0.353 e. The predicted molar refractivity (Wildman–Crippen MR) is 131 cm³/mol. The van der Waals surface area contributed by atoms with E-state index in [1.165, 1.54) is 24.2 Å². The third-order valence-electron chi connectivity index (χ3n) is 6.10. The molecule has 0 aliphatic carbocycles. The molecule has 176 valence electrons. The van der Waals surface area contributed by atoms with Crippen LogP contribution in [0.1, 0.15) is 40.9 Å². The predicted octanol–water partition coefficient (Wildman–Crippen LogP) is 3.29. The summed E-state index contributed by atoms with van der Waals surface area (Å²) < 4.78 is 0. The molecule has 0 radical (unpaired) electrons. The molecule has 1 aliphatic heterocycles. The van der Waals surface area contributed by atoms with Gasteiger partial charge in [-0.3, -0.25) is 19.5 Å². The molecule has 0 bridgehead atoms. The fourth-order valence-electron chi connectivity index (χ4n) is 4.24. The molecular formula is C27H31N5O2. The van der Waals surface area contributed by atoms with E-state index in [-0.39, 0.29) is 30.0 Å². The Labute approximate surface area is 200 Å². The molecule has 0 atom stereocenters. The molecule has 1 N–H and O–H groups in total. The van der Waals surface area contributed by atoms with Crippen LogP contribution in [-0.2, 0) is 17.9 Å². The van der Waals surface area contributed by atoms with Gasteiger partial charge in [-0.25, -0.2) is 4.98 Å². The number of likely N-dealkylation sites (tertiary alicyclic amines) is 1. The van der Waals surface area contributed by atoms with Crippen LogP contribution < -0.4 is 5.32 Å². The summed E-state index contributed by atoms with van der Waals surface area (Å²) in [5.41, 5.74) is 2.60.